The van der Waals surface area contributed by atoms with E-state index in [1.165, 1.54) is 11.1 Å². The Morgan fingerprint density at radius 1 is 0.972 bits per heavy atom. The molecule has 0 fully saturated rings. The normalized spacial score (nSPS) is 11.4. The number of aryl methyl sites for hydroxylation is 1. The molecular formula is C31H39N3O2. The van der Waals surface area contributed by atoms with E-state index >= 15 is 0 Å². The van der Waals surface area contributed by atoms with Gasteiger partial charge in [0.15, 0.2) is 5.78 Å². The van der Waals surface area contributed by atoms with E-state index < -0.39 is 0 Å². The Kier molecular flexibility index (Phi) is 9.86. The predicted octanol–water partition coefficient (Wildman–Crippen LogP) is 5.99. The number of allylic oxidation sites excluding steroid dienone is 1. The number of carbonyl (C=O) groups excluding carboxylic acids is 1. The molecule has 0 aromatic heterocycles. The highest BCUT2D eigenvalue weighted by Crippen LogP contribution is 2.28. The van der Waals surface area contributed by atoms with Crippen LogP contribution in [-0.4, -0.2) is 64.0 Å². The molecule has 3 rings (SSSR count). The Balaban J connectivity index is 1.91. The Labute approximate surface area is 216 Å². The van der Waals surface area contributed by atoms with Crippen molar-refractivity contribution in [2.45, 2.75) is 19.9 Å². The number of carbonyl (C=O) groups is 1. The number of ether oxygens (including phenoxy) is 1. The SMILES string of the molecule is COc1ccc(C(=O)C=Cc2cc(NCCCN(C)C)cc(-c3ccccc3C)c2)c(CN(C)C)c1. The van der Waals surface area contributed by atoms with Crippen LogP contribution in [0.3, 0.4) is 0 Å². The average Bonchev–Trinajstić information content (AvgIpc) is 2.85. The first-order valence-electron chi connectivity index (χ1n) is 12.4. The van der Waals surface area contributed by atoms with E-state index in [0.29, 0.717) is 12.1 Å². The molecule has 3 aromatic carbocycles. The Bertz CT molecular complexity index is 1200. The summed E-state index contributed by atoms with van der Waals surface area (Å²) in [5.74, 6) is 0.736. The van der Waals surface area contributed by atoms with Gasteiger partial charge in [-0.15, -0.1) is 0 Å². The third-order valence-corrected chi connectivity index (χ3v) is 6.01. The largest absolute Gasteiger partial charge is 0.497 e. The minimum atomic E-state index is -0.0173. The molecule has 1 N–H and O–H groups in total. The van der Waals surface area contributed by atoms with E-state index in [2.05, 4.69) is 78.6 Å². The number of hydrogen-bond acceptors (Lipinski definition) is 5. The van der Waals surface area contributed by atoms with Crippen molar-refractivity contribution in [3.8, 4) is 16.9 Å². The van der Waals surface area contributed by atoms with Gasteiger partial charge in [-0.25, -0.2) is 0 Å². The van der Waals surface area contributed by atoms with Crippen LogP contribution in [0.1, 0.15) is 33.5 Å². The smallest absolute Gasteiger partial charge is 0.186 e. The predicted molar refractivity (Wildman–Crippen MR) is 152 cm³/mol. The van der Waals surface area contributed by atoms with Gasteiger partial charge in [0.2, 0.25) is 0 Å². The molecule has 0 unspecified atom stereocenters. The van der Waals surface area contributed by atoms with E-state index in [1.807, 2.05) is 38.4 Å². The molecule has 0 bridgehead atoms. The number of hydrogen-bond donors (Lipinski definition) is 1. The maximum atomic E-state index is 13.2. The van der Waals surface area contributed by atoms with Crippen molar-refractivity contribution in [1.29, 1.82) is 0 Å². The lowest BCUT2D eigenvalue weighted by Crippen LogP contribution is -2.16. The molecule has 0 aliphatic heterocycles. The van der Waals surface area contributed by atoms with Gasteiger partial charge in [0.05, 0.1) is 7.11 Å². The number of ketones is 1. The molecule has 0 amide bonds. The van der Waals surface area contributed by atoms with Gasteiger partial charge in [0, 0.05) is 24.3 Å². The summed E-state index contributed by atoms with van der Waals surface area (Å²) in [7, 11) is 9.81. The van der Waals surface area contributed by atoms with Crippen molar-refractivity contribution >= 4 is 17.5 Å². The van der Waals surface area contributed by atoms with Crippen LogP contribution < -0.4 is 10.1 Å². The van der Waals surface area contributed by atoms with Gasteiger partial charge >= 0.3 is 0 Å². The summed E-state index contributed by atoms with van der Waals surface area (Å²) < 4.78 is 5.37. The summed E-state index contributed by atoms with van der Waals surface area (Å²) in [5, 5.41) is 3.57. The van der Waals surface area contributed by atoms with Crippen LogP contribution >= 0.6 is 0 Å². The molecule has 0 aliphatic carbocycles. The summed E-state index contributed by atoms with van der Waals surface area (Å²) >= 11 is 0. The molecule has 5 heteroatoms. The molecule has 0 aliphatic rings. The van der Waals surface area contributed by atoms with Gasteiger partial charge in [0.25, 0.3) is 0 Å². The zero-order valence-corrected chi connectivity index (χ0v) is 22.5. The summed E-state index contributed by atoms with van der Waals surface area (Å²) in [4.78, 5) is 17.5. The second-order valence-corrected chi connectivity index (χ2v) is 9.70. The van der Waals surface area contributed by atoms with E-state index in [4.69, 9.17) is 4.74 Å². The van der Waals surface area contributed by atoms with Crippen LogP contribution in [0.4, 0.5) is 5.69 Å². The number of nitrogens with one attached hydrogen (secondary N) is 1. The lowest BCUT2D eigenvalue weighted by molar-refractivity contribution is 0.104. The zero-order chi connectivity index (χ0) is 26.1. The number of nitrogens with zero attached hydrogens (tertiary/aromatic N) is 2. The number of anilines is 1. The topological polar surface area (TPSA) is 44.8 Å². The highest BCUT2D eigenvalue weighted by atomic mass is 16.5. The van der Waals surface area contributed by atoms with Crippen LogP contribution in [0.25, 0.3) is 17.2 Å². The van der Waals surface area contributed by atoms with Gasteiger partial charge < -0.3 is 19.9 Å². The lowest BCUT2D eigenvalue weighted by atomic mass is 9.97. The minimum Gasteiger partial charge on any atom is -0.497 e. The monoisotopic (exact) mass is 485 g/mol. The van der Waals surface area contributed by atoms with Crippen molar-refractivity contribution in [3.63, 3.8) is 0 Å². The third-order valence-electron chi connectivity index (χ3n) is 6.01. The fourth-order valence-corrected chi connectivity index (χ4v) is 4.20. The Hall–Kier alpha value is -3.41. The molecule has 0 radical (unpaired) electrons. The third kappa shape index (κ3) is 7.80. The van der Waals surface area contributed by atoms with E-state index in [1.54, 1.807) is 13.2 Å². The molecule has 0 heterocycles. The molecular weight excluding hydrogens is 446 g/mol. The van der Waals surface area contributed by atoms with Gasteiger partial charge in [-0.3, -0.25) is 4.79 Å². The van der Waals surface area contributed by atoms with Gasteiger partial charge in [-0.1, -0.05) is 30.3 Å². The molecule has 190 valence electrons. The van der Waals surface area contributed by atoms with Crippen molar-refractivity contribution in [2.75, 3.05) is 53.7 Å². The molecule has 0 atom stereocenters. The van der Waals surface area contributed by atoms with Gasteiger partial charge in [-0.05, 0) is 118 Å². The first-order chi connectivity index (χ1) is 17.3. The van der Waals surface area contributed by atoms with Crippen LogP contribution in [0, 0.1) is 6.92 Å². The maximum absolute atomic E-state index is 13.2. The summed E-state index contributed by atoms with van der Waals surface area (Å²) in [6.45, 7) is 4.71. The minimum absolute atomic E-state index is 0.0173. The van der Waals surface area contributed by atoms with Crippen molar-refractivity contribution < 1.29 is 9.53 Å². The quantitative estimate of drug-likeness (QED) is 0.194. The van der Waals surface area contributed by atoms with Crippen molar-refractivity contribution in [1.82, 2.24) is 9.80 Å². The molecule has 0 saturated heterocycles. The Morgan fingerprint density at radius 2 is 1.75 bits per heavy atom. The molecule has 36 heavy (non-hydrogen) atoms. The van der Waals surface area contributed by atoms with Crippen LogP contribution in [0.15, 0.2) is 66.7 Å². The number of methoxy groups -OCH3 is 1. The van der Waals surface area contributed by atoms with Crippen molar-refractivity contribution in [3.05, 3.63) is 89.0 Å². The summed E-state index contributed by atoms with van der Waals surface area (Å²) in [6, 6.07) is 20.5. The lowest BCUT2D eigenvalue weighted by Gasteiger charge is -2.14. The van der Waals surface area contributed by atoms with Gasteiger partial charge in [-0.2, -0.15) is 0 Å². The fourth-order valence-electron chi connectivity index (χ4n) is 4.20. The first-order valence-corrected chi connectivity index (χ1v) is 12.4. The fraction of sp³-hybridized carbons (Fsp3) is 0.323. The molecule has 0 spiro atoms. The first kappa shape index (κ1) is 27.2. The van der Waals surface area contributed by atoms with Crippen LogP contribution in [0.5, 0.6) is 5.75 Å². The summed E-state index contributed by atoms with van der Waals surface area (Å²) in [5.41, 5.74) is 7.24. The van der Waals surface area contributed by atoms with Crippen molar-refractivity contribution in [2.24, 2.45) is 0 Å². The second-order valence-electron chi connectivity index (χ2n) is 9.70. The summed E-state index contributed by atoms with van der Waals surface area (Å²) in [6.07, 6.45) is 4.64. The molecule has 0 saturated carbocycles. The number of benzene rings is 3. The second kappa shape index (κ2) is 13.1. The molecule has 5 nitrogen and oxygen atoms in total. The van der Waals surface area contributed by atoms with E-state index in [-0.39, 0.29) is 5.78 Å². The van der Waals surface area contributed by atoms with Crippen LogP contribution in [-0.2, 0) is 6.54 Å². The van der Waals surface area contributed by atoms with E-state index in [9.17, 15) is 4.79 Å². The van der Waals surface area contributed by atoms with Crippen LogP contribution in [0.2, 0.25) is 0 Å². The maximum Gasteiger partial charge on any atom is 0.186 e. The van der Waals surface area contributed by atoms with Gasteiger partial charge in [0.1, 0.15) is 5.75 Å². The molecule has 3 aromatic rings. The standard InChI is InChI=1S/C31H39N3O2/c1-23-10-7-8-11-29(23)25-18-24(19-27(20-25)32-16-9-17-33(2)3)12-15-31(35)30-14-13-28(36-6)21-26(30)22-34(4)5/h7-8,10-15,18-21,32H,9,16-17,22H2,1-6H3. The zero-order valence-electron chi connectivity index (χ0n) is 22.5. The highest BCUT2D eigenvalue weighted by molar-refractivity contribution is 6.08. The number of rotatable bonds is 12. The Morgan fingerprint density at radius 3 is 2.44 bits per heavy atom. The average molecular weight is 486 g/mol. The highest BCUT2D eigenvalue weighted by Gasteiger charge is 2.12. The van der Waals surface area contributed by atoms with E-state index in [0.717, 1.165) is 47.6 Å².